The Kier molecular flexibility index (Phi) is 6.75. The first kappa shape index (κ1) is 26.3. The Morgan fingerprint density at radius 2 is 1.24 bits per heavy atom. The van der Waals surface area contributed by atoms with Crippen molar-refractivity contribution in [2.24, 2.45) is 0 Å². The van der Waals surface area contributed by atoms with Crippen molar-refractivity contribution >= 4 is 43.4 Å². The van der Waals surface area contributed by atoms with Crippen LogP contribution in [0.1, 0.15) is 17.5 Å². The molecule has 2 aliphatic heterocycles. The van der Waals surface area contributed by atoms with Gasteiger partial charge in [0.15, 0.2) is 0 Å². The highest BCUT2D eigenvalue weighted by atomic mass is 35.5. The largest absolute Gasteiger partial charge is 0.339 e. The zero-order chi connectivity index (χ0) is 27.2. The highest BCUT2D eigenvalue weighted by Crippen LogP contribution is 2.37. The molecule has 0 saturated carbocycles. The van der Waals surface area contributed by atoms with Crippen molar-refractivity contribution in [2.75, 3.05) is 18.0 Å². The quantitative estimate of drug-likeness (QED) is 0.418. The van der Waals surface area contributed by atoms with Gasteiger partial charge in [0.25, 0.3) is 20.0 Å². The van der Waals surface area contributed by atoms with Gasteiger partial charge in [-0.05, 0) is 68.8 Å². The summed E-state index contributed by atoms with van der Waals surface area (Å²) in [6.45, 7) is 3.65. The average molecular weight is 572 g/mol. The van der Waals surface area contributed by atoms with Gasteiger partial charge in [0.05, 0.1) is 28.1 Å². The van der Waals surface area contributed by atoms with E-state index in [1.165, 1.54) is 21.3 Å². The number of rotatable bonds is 6. The first-order chi connectivity index (χ1) is 18.0. The maximum atomic E-state index is 13.8. The van der Waals surface area contributed by atoms with E-state index in [0.29, 0.717) is 22.8 Å². The molecule has 198 valence electrons. The zero-order valence-electron chi connectivity index (χ0n) is 20.8. The highest BCUT2D eigenvalue weighted by Gasteiger charge is 2.49. The zero-order valence-corrected chi connectivity index (χ0v) is 23.2. The summed E-state index contributed by atoms with van der Waals surface area (Å²) in [5, 5.41) is 0.449. The van der Waals surface area contributed by atoms with E-state index in [9.17, 15) is 21.6 Å². The van der Waals surface area contributed by atoms with Crippen LogP contribution in [0, 0.1) is 13.8 Å². The number of benzene rings is 3. The Morgan fingerprint density at radius 3 is 1.76 bits per heavy atom. The fourth-order valence-electron chi connectivity index (χ4n) is 4.69. The number of hydrogen-bond donors (Lipinski definition) is 0. The fraction of sp³-hybridized carbons (Fsp3) is 0.222. The molecule has 1 atom stereocenters. The Morgan fingerprint density at radius 1 is 0.737 bits per heavy atom. The lowest BCUT2D eigenvalue weighted by molar-refractivity contribution is 0.239. The van der Waals surface area contributed by atoms with E-state index in [1.807, 2.05) is 13.8 Å². The van der Waals surface area contributed by atoms with Crippen LogP contribution in [0.25, 0.3) is 0 Å². The summed E-state index contributed by atoms with van der Waals surface area (Å²) in [7, 11) is -8.15. The van der Waals surface area contributed by atoms with Crippen molar-refractivity contribution in [1.29, 1.82) is 0 Å². The number of anilines is 1. The topological polar surface area (TPSA) is 95.1 Å². The first-order valence-corrected chi connectivity index (χ1v) is 15.2. The van der Waals surface area contributed by atoms with Gasteiger partial charge in [-0.1, -0.05) is 53.1 Å². The number of carbonyl (C=O) groups is 1. The molecule has 1 fully saturated rings. The molecule has 0 radical (unpaired) electrons. The minimum Gasteiger partial charge on any atom is -0.283 e. The van der Waals surface area contributed by atoms with E-state index in [4.69, 9.17) is 11.6 Å². The molecule has 2 amide bonds. The third kappa shape index (κ3) is 4.57. The second-order valence-electron chi connectivity index (χ2n) is 9.30. The van der Waals surface area contributed by atoms with Gasteiger partial charge in [0, 0.05) is 17.3 Å². The van der Waals surface area contributed by atoms with Crippen LogP contribution >= 0.6 is 11.6 Å². The van der Waals surface area contributed by atoms with E-state index < -0.39 is 32.1 Å². The lowest BCUT2D eigenvalue weighted by Gasteiger charge is -2.30. The van der Waals surface area contributed by atoms with Gasteiger partial charge >= 0.3 is 6.03 Å². The van der Waals surface area contributed by atoms with Gasteiger partial charge in [0.1, 0.15) is 0 Å². The van der Waals surface area contributed by atoms with Gasteiger partial charge < -0.3 is 0 Å². The molecule has 38 heavy (non-hydrogen) atoms. The molecule has 1 unspecified atom stereocenters. The number of urea groups is 1. The van der Waals surface area contributed by atoms with Crippen molar-refractivity contribution in [1.82, 2.24) is 8.61 Å². The number of sulfonamides is 2. The molecular formula is C27H26ClN3O5S2. The molecule has 11 heteroatoms. The number of nitrogens with zero attached hydrogens (tertiary/aromatic N) is 3. The maximum absolute atomic E-state index is 13.8. The van der Waals surface area contributed by atoms with Crippen molar-refractivity contribution in [3.8, 4) is 0 Å². The Hall–Kier alpha value is -3.34. The molecule has 0 aromatic heterocycles. The van der Waals surface area contributed by atoms with E-state index in [1.54, 1.807) is 66.7 Å². The van der Waals surface area contributed by atoms with Gasteiger partial charge in [-0.2, -0.15) is 0 Å². The molecule has 3 aromatic rings. The van der Waals surface area contributed by atoms with Crippen LogP contribution in [0.3, 0.4) is 0 Å². The van der Waals surface area contributed by atoms with Crippen LogP contribution in [-0.4, -0.2) is 50.6 Å². The predicted octanol–water partition coefficient (Wildman–Crippen LogP) is 4.93. The van der Waals surface area contributed by atoms with Gasteiger partial charge in [-0.15, -0.1) is 0 Å². The van der Waals surface area contributed by atoms with Gasteiger partial charge in [-0.25, -0.2) is 25.9 Å². The van der Waals surface area contributed by atoms with Crippen LogP contribution in [0.4, 0.5) is 10.5 Å². The molecular weight excluding hydrogens is 546 g/mol. The minimum absolute atomic E-state index is 0.0160. The average Bonchev–Trinajstić information content (AvgIpc) is 3.51. The van der Waals surface area contributed by atoms with Crippen molar-refractivity contribution in [3.63, 3.8) is 0 Å². The third-order valence-electron chi connectivity index (χ3n) is 6.71. The van der Waals surface area contributed by atoms with Crippen LogP contribution in [0.15, 0.2) is 94.4 Å². The summed E-state index contributed by atoms with van der Waals surface area (Å²) < 4.78 is 56.6. The predicted molar refractivity (Wildman–Crippen MR) is 146 cm³/mol. The van der Waals surface area contributed by atoms with Crippen LogP contribution in [0.5, 0.6) is 0 Å². The SMILES string of the molecule is Cc1ccc(S(=O)(=O)N2CC(C3=CCCN3S(=O)(=O)c3ccc(C)cc3)N(c3ccc(Cl)cc3)C2=O)cc1. The van der Waals surface area contributed by atoms with E-state index in [2.05, 4.69) is 0 Å². The number of aryl methyl sites for hydroxylation is 2. The Balaban J connectivity index is 1.58. The van der Waals surface area contributed by atoms with E-state index in [0.717, 1.165) is 15.4 Å². The molecule has 0 aliphatic carbocycles. The summed E-state index contributed by atoms with van der Waals surface area (Å²) in [6, 6.07) is 17.6. The normalized spacial score (nSPS) is 18.3. The van der Waals surface area contributed by atoms with Gasteiger partial charge in [0.2, 0.25) is 0 Å². The third-order valence-corrected chi connectivity index (χ3v) is 10.6. The van der Waals surface area contributed by atoms with Crippen molar-refractivity contribution < 1.29 is 21.6 Å². The maximum Gasteiger partial charge on any atom is 0.339 e. The number of amides is 2. The van der Waals surface area contributed by atoms with Crippen LogP contribution in [0.2, 0.25) is 5.02 Å². The lowest BCUT2D eigenvalue weighted by atomic mass is 10.1. The van der Waals surface area contributed by atoms with Crippen LogP contribution < -0.4 is 4.90 Å². The molecule has 0 spiro atoms. The molecule has 2 aliphatic rings. The lowest BCUT2D eigenvalue weighted by Crippen LogP contribution is -2.41. The summed E-state index contributed by atoms with van der Waals surface area (Å²) in [6.07, 6.45) is 2.19. The first-order valence-electron chi connectivity index (χ1n) is 12.0. The van der Waals surface area contributed by atoms with Crippen LogP contribution in [-0.2, 0) is 20.0 Å². The summed E-state index contributed by atoms with van der Waals surface area (Å²) in [5.74, 6) is 0. The molecule has 8 nitrogen and oxygen atoms in total. The Bertz CT molecular complexity index is 1620. The number of hydrogen-bond acceptors (Lipinski definition) is 5. The summed E-state index contributed by atoms with van der Waals surface area (Å²) >= 11 is 6.07. The molecule has 0 N–H and O–H groups in total. The number of halogens is 1. The van der Waals surface area contributed by atoms with Crippen molar-refractivity contribution in [2.45, 2.75) is 36.1 Å². The molecule has 3 aromatic carbocycles. The summed E-state index contributed by atoms with van der Waals surface area (Å²) in [4.78, 5) is 15.2. The van der Waals surface area contributed by atoms with E-state index >= 15 is 0 Å². The second kappa shape index (κ2) is 9.76. The summed E-state index contributed by atoms with van der Waals surface area (Å²) in [5.41, 5.74) is 2.57. The molecule has 0 bridgehead atoms. The Labute approximate surface area is 227 Å². The molecule has 2 heterocycles. The standard InChI is InChI=1S/C27H26ClN3O5S2/c1-19-5-13-23(14-6-19)37(33,34)29-17-3-4-25(29)26-18-30(38(35,36)24-15-7-20(2)8-16-24)27(32)31(26)22-11-9-21(28)10-12-22/h4-16,26H,3,17-18H2,1-2H3. The highest BCUT2D eigenvalue weighted by molar-refractivity contribution is 7.90. The molecule has 5 rings (SSSR count). The minimum atomic E-state index is -4.21. The molecule has 1 saturated heterocycles. The van der Waals surface area contributed by atoms with E-state index in [-0.39, 0.29) is 22.9 Å². The smallest absolute Gasteiger partial charge is 0.283 e. The van der Waals surface area contributed by atoms with Gasteiger partial charge in [-0.3, -0.25) is 9.21 Å². The fourth-order valence-corrected chi connectivity index (χ4v) is 7.73. The monoisotopic (exact) mass is 571 g/mol. The van der Waals surface area contributed by atoms with Crippen molar-refractivity contribution in [3.05, 3.63) is 101 Å². The second-order valence-corrected chi connectivity index (χ2v) is 13.5. The number of carbonyl (C=O) groups excluding carboxylic acids is 1.